The lowest BCUT2D eigenvalue weighted by Gasteiger charge is -2.16. The summed E-state index contributed by atoms with van der Waals surface area (Å²) in [6, 6.07) is 5.00. The maximum absolute atomic E-state index is 11.8. The number of amides is 1. The third-order valence-corrected chi connectivity index (χ3v) is 3.49. The Morgan fingerprint density at radius 2 is 2.20 bits per heavy atom. The van der Waals surface area contributed by atoms with Crippen LogP contribution in [0.1, 0.15) is 11.6 Å². The SMILES string of the molecule is C=CCOC(=O)N[C@H]1c2ccc(OCOCCOC)cc2O[C@@H]1C=C. The molecule has 25 heavy (non-hydrogen) atoms. The summed E-state index contributed by atoms with van der Waals surface area (Å²) in [5, 5.41) is 2.77. The molecule has 0 saturated carbocycles. The topological polar surface area (TPSA) is 75.3 Å². The second-order valence-corrected chi connectivity index (χ2v) is 5.19. The monoisotopic (exact) mass is 349 g/mol. The van der Waals surface area contributed by atoms with Gasteiger partial charge in [-0.3, -0.25) is 0 Å². The largest absolute Gasteiger partial charge is 0.483 e. The summed E-state index contributed by atoms with van der Waals surface area (Å²) in [5.41, 5.74) is 0.827. The number of nitrogens with one attached hydrogen (secondary N) is 1. The van der Waals surface area contributed by atoms with Crippen molar-refractivity contribution in [3.63, 3.8) is 0 Å². The van der Waals surface area contributed by atoms with Crippen molar-refractivity contribution in [1.82, 2.24) is 5.32 Å². The standard InChI is InChI=1S/C18H23NO6/c1-4-8-23-18(20)19-17-14-7-6-13(24-12-22-10-9-21-3)11-16(14)25-15(17)5-2/h4-7,11,15,17H,1-2,8-10,12H2,3H3,(H,19,20)/t15-,17+/m1/s1. The lowest BCUT2D eigenvalue weighted by molar-refractivity contribution is -0.00854. The van der Waals surface area contributed by atoms with E-state index in [-0.39, 0.29) is 25.5 Å². The van der Waals surface area contributed by atoms with Gasteiger partial charge in [-0.15, -0.1) is 0 Å². The average Bonchev–Trinajstić information content (AvgIpc) is 2.96. The van der Waals surface area contributed by atoms with Gasteiger partial charge in [-0.2, -0.15) is 0 Å². The normalized spacial score (nSPS) is 18.0. The van der Waals surface area contributed by atoms with Crippen molar-refractivity contribution in [1.29, 1.82) is 0 Å². The third-order valence-electron chi connectivity index (χ3n) is 3.49. The van der Waals surface area contributed by atoms with Crippen LogP contribution < -0.4 is 14.8 Å². The molecule has 0 spiro atoms. The van der Waals surface area contributed by atoms with Crippen molar-refractivity contribution in [3.05, 3.63) is 49.1 Å². The number of alkyl carbamates (subject to hydrolysis) is 1. The third kappa shape index (κ3) is 5.23. The number of carbonyl (C=O) groups excluding carboxylic acids is 1. The van der Waals surface area contributed by atoms with E-state index in [4.69, 9.17) is 23.7 Å². The number of ether oxygens (including phenoxy) is 5. The van der Waals surface area contributed by atoms with Crippen LogP contribution in [0.4, 0.5) is 4.79 Å². The number of hydrogen-bond acceptors (Lipinski definition) is 6. The first kappa shape index (κ1) is 18.8. The van der Waals surface area contributed by atoms with Crippen LogP contribution in [0.5, 0.6) is 11.5 Å². The zero-order valence-electron chi connectivity index (χ0n) is 14.2. The van der Waals surface area contributed by atoms with Crippen molar-refractivity contribution in [3.8, 4) is 11.5 Å². The second-order valence-electron chi connectivity index (χ2n) is 5.19. The Balaban J connectivity index is 1.98. The van der Waals surface area contributed by atoms with E-state index in [1.165, 1.54) is 6.08 Å². The molecule has 0 aromatic heterocycles. The molecule has 1 aliphatic rings. The van der Waals surface area contributed by atoms with Crippen molar-refractivity contribution in [2.45, 2.75) is 12.1 Å². The smallest absolute Gasteiger partial charge is 0.408 e. The summed E-state index contributed by atoms with van der Waals surface area (Å²) in [7, 11) is 1.61. The predicted octanol–water partition coefficient (Wildman–Crippen LogP) is 2.59. The molecule has 1 amide bonds. The van der Waals surface area contributed by atoms with Gasteiger partial charge in [0.1, 0.15) is 30.3 Å². The van der Waals surface area contributed by atoms with Gasteiger partial charge in [-0.25, -0.2) is 4.79 Å². The molecule has 7 nitrogen and oxygen atoms in total. The lowest BCUT2D eigenvalue weighted by Crippen LogP contribution is -2.34. The zero-order valence-corrected chi connectivity index (χ0v) is 14.2. The van der Waals surface area contributed by atoms with E-state index in [9.17, 15) is 4.79 Å². The van der Waals surface area contributed by atoms with Crippen LogP contribution in [0.3, 0.4) is 0 Å². The van der Waals surface area contributed by atoms with Gasteiger partial charge < -0.3 is 29.0 Å². The highest BCUT2D eigenvalue weighted by Gasteiger charge is 2.34. The highest BCUT2D eigenvalue weighted by atomic mass is 16.7. The summed E-state index contributed by atoms with van der Waals surface area (Å²) in [6.07, 6.45) is 2.20. The van der Waals surface area contributed by atoms with Gasteiger partial charge in [0.05, 0.1) is 13.2 Å². The lowest BCUT2D eigenvalue weighted by atomic mass is 10.0. The maximum Gasteiger partial charge on any atom is 0.408 e. The first-order chi connectivity index (χ1) is 12.2. The summed E-state index contributed by atoms with van der Waals surface area (Å²) in [6.45, 7) is 8.47. The Morgan fingerprint density at radius 3 is 2.92 bits per heavy atom. The fraction of sp³-hybridized carbons (Fsp3) is 0.389. The molecule has 1 aromatic carbocycles. The van der Waals surface area contributed by atoms with Crippen LogP contribution in [-0.2, 0) is 14.2 Å². The molecule has 0 radical (unpaired) electrons. The summed E-state index contributed by atoms with van der Waals surface area (Å²) < 4.78 is 26.4. The van der Waals surface area contributed by atoms with Crippen molar-refractivity contribution < 1.29 is 28.5 Å². The Kier molecular flexibility index (Phi) is 7.31. The van der Waals surface area contributed by atoms with E-state index < -0.39 is 6.09 Å². The van der Waals surface area contributed by atoms with E-state index in [1.54, 1.807) is 25.3 Å². The average molecular weight is 349 g/mol. The summed E-state index contributed by atoms with van der Waals surface area (Å²) in [4.78, 5) is 11.8. The van der Waals surface area contributed by atoms with Gasteiger partial charge in [0.2, 0.25) is 0 Å². The molecular weight excluding hydrogens is 326 g/mol. The minimum atomic E-state index is -0.542. The molecule has 0 fully saturated rings. The minimum absolute atomic E-state index is 0.114. The zero-order chi connectivity index (χ0) is 18.1. The predicted molar refractivity (Wildman–Crippen MR) is 91.8 cm³/mol. The number of hydrogen-bond donors (Lipinski definition) is 1. The quantitative estimate of drug-likeness (QED) is 0.398. The first-order valence-electron chi connectivity index (χ1n) is 7.86. The molecule has 136 valence electrons. The molecule has 1 N–H and O–H groups in total. The number of carbonyl (C=O) groups is 1. The Bertz CT molecular complexity index is 603. The molecule has 0 bridgehead atoms. The van der Waals surface area contributed by atoms with Gasteiger partial charge >= 0.3 is 6.09 Å². The molecule has 2 atom stereocenters. The van der Waals surface area contributed by atoms with E-state index >= 15 is 0 Å². The highest BCUT2D eigenvalue weighted by molar-refractivity contribution is 5.69. The molecule has 1 aromatic rings. The Hall–Kier alpha value is -2.51. The molecule has 7 heteroatoms. The number of rotatable bonds is 10. The van der Waals surface area contributed by atoms with E-state index in [2.05, 4.69) is 18.5 Å². The van der Waals surface area contributed by atoms with Gasteiger partial charge in [0.25, 0.3) is 0 Å². The van der Waals surface area contributed by atoms with Crippen LogP contribution in [0.25, 0.3) is 0 Å². The van der Waals surface area contributed by atoms with Crippen LogP contribution in [0.15, 0.2) is 43.5 Å². The fourth-order valence-corrected chi connectivity index (χ4v) is 2.31. The summed E-state index contributed by atoms with van der Waals surface area (Å²) in [5.74, 6) is 1.22. The molecule has 1 aliphatic heterocycles. The van der Waals surface area contributed by atoms with Crippen molar-refractivity contribution in [2.24, 2.45) is 0 Å². The number of fused-ring (bicyclic) bond motifs is 1. The molecule has 0 aliphatic carbocycles. The number of benzene rings is 1. The maximum atomic E-state index is 11.8. The van der Waals surface area contributed by atoms with Crippen LogP contribution in [0, 0.1) is 0 Å². The van der Waals surface area contributed by atoms with Crippen LogP contribution in [0.2, 0.25) is 0 Å². The minimum Gasteiger partial charge on any atom is -0.483 e. The Morgan fingerprint density at radius 1 is 1.36 bits per heavy atom. The molecule has 1 heterocycles. The molecule has 0 unspecified atom stereocenters. The van der Waals surface area contributed by atoms with Gasteiger partial charge in [-0.1, -0.05) is 19.2 Å². The highest BCUT2D eigenvalue weighted by Crippen LogP contribution is 2.39. The molecule has 0 saturated heterocycles. The summed E-state index contributed by atoms with van der Waals surface area (Å²) >= 11 is 0. The van der Waals surface area contributed by atoms with Gasteiger partial charge in [0, 0.05) is 18.7 Å². The van der Waals surface area contributed by atoms with E-state index in [0.717, 1.165) is 5.56 Å². The molecule has 2 rings (SSSR count). The van der Waals surface area contributed by atoms with Crippen LogP contribution in [-0.4, -0.2) is 45.9 Å². The van der Waals surface area contributed by atoms with Crippen LogP contribution >= 0.6 is 0 Å². The van der Waals surface area contributed by atoms with Crippen molar-refractivity contribution in [2.75, 3.05) is 33.7 Å². The van der Waals surface area contributed by atoms with Gasteiger partial charge in [-0.05, 0) is 18.2 Å². The fourth-order valence-electron chi connectivity index (χ4n) is 2.31. The number of methoxy groups -OCH3 is 1. The van der Waals surface area contributed by atoms with E-state index in [1.807, 2.05) is 6.07 Å². The van der Waals surface area contributed by atoms with E-state index in [0.29, 0.717) is 24.7 Å². The second kappa shape index (κ2) is 9.71. The van der Waals surface area contributed by atoms with Crippen molar-refractivity contribution >= 4 is 6.09 Å². The molecular formula is C18H23NO6. The first-order valence-corrected chi connectivity index (χ1v) is 7.86. The Labute approximate surface area is 147 Å². The van der Waals surface area contributed by atoms with Gasteiger partial charge in [0.15, 0.2) is 6.79 Å².